The molecule has 2 aromatic heterocycles. The zero-order valence-corrected chi connectivity index (χ0v) is 43.4. The number of nitrogens with one attached hydrogen (secondary N) is 3. The maximum atomic E-state index is 14.8. The number of cyclic esters (lactones) is 1. The number of aryl methyl sites for hydroxylation is 1. The van der Waals surface area contributed by atoms with E-state index < -0.39 is 53.1 Å². The number of carbonyl (C=O) groups excluding carboxylic acids is 5. The Kier molecular flexibility index (Phi) is 16.7. The average Bonchev–Trinajstić information content (AvgIpc) is 3.63. The molecule has 6 bridgehead atoms. The second-order valence-electron chi connectivity index (χ2n) is 20.8. The van der Waals surface area contributed by atoms with E-state index in [0.717, 1.165) is 45.4 Å². The topological polar surface area (TPSA) is 182 Å². The van der Waals surface area contributed by atoms with E-state index in [2.05, 4.69) is 102 Å². The lowest BCUT2D eigenvalue weighted by Gasteiger charge is -2.36. The maximum Gasteiger partial charge on any atom is 0.324 e. The highest BCUT2D eigenvalue weighted by molar-refractivity contribution is 6.00. The van der Waals surface area contributed by atoms with Crippen LogP contribution < -0.4 is 16.1 Å². The molecule has 1 unspecified atom stereocenters. The van der Waals surface area contributed by atoms with E-state index in [1.807, 2.05) is 45.0 Å². The number of likely N-dealkylation sites (N-methyl/N-ethyl adjacent to an activating group) is 2. The van der Waals surface area contributed by atoms with Gasteiger partial charge < -0.3 is 39.7 Å². The summed E-state index contributed by atoms with van der Waals surface area (Å²) in [6.07, 6.45) is 6.03. The molecule has 0 spiro atoms. The zero-order chi connectivity index (χ0) is 52.0. The summed E-state index contributed by atoms with van der Waals surface area (Å²) in [5, 5.41) is 19.5. The van der Waals surface area contributed by atoms with E-state index in [0.29, 0.717) is 43.6 Å². The summed E-state index contributed by atoms with van der Waals surface area (Å²) in [4.78, 5) is 79.5. The third-order valence-electron chi connectivity index (χ3n) is 13.2. The number of aromatic hydroxyl groups is 1. The third-order valence-corrected chi connectivity index (χ3v) is 13.2. The number of ether oxygens (including phenoxy) is 1. The lowest BCUT2D eigenvalue weighted by Crippen LogP contribution is -2.62. The Labute approximate surface area is 423 Å². The molecule has 72 heavy (non-hydrogen) atoms. The molecule has 382 valence electrons. The van der Waals surface area contributed by atoms with Gasteiger partial charge in [-0.05, 0) is 125 Å². The number of phenolic OH excluding ortho intramolecular Hbond substituents is 1. The fourth-order valence-electron chi connectivity index (χ4n) is 9.88. The summed E-state index contributed by atoms with van der Waals surface area (Å²) in [7, 11) is 9.43. The highest BCUT2D eigenvalue weighted by atomic mass is 16.5. The maximum absolute atomic E-state index is 14.8. The Balaban J connectivity index is 1.25. The van der Waals surface area contributed by atoms with Crippen molar-refractivity contribution in [2.75, 3.05) is 60.3 Å². The molecule has 16 nitrogen and oxygen atoms in total. The van der Waals surface area contributed by atoms with Gasteiger partial charge in [0, 0.05) is 67.6 Å². The second kappa shape index (κ2) is 22.7. The third kappa shape index (κ3) is 12.4. The van der Waals surface area contributed by atoms with Gasteiger partial charge in [-0.2, -0.15) is 0 Å². The lowest BCUT2D eigenvalue weighted by molar-refractivity contribution is -0.155. The number of hydrogen-bond acceptors (Lipinski definition) is 11. The summed E-state index contributed by atoms with van der Waals surface area (Å²) in [5.41, 5.74) is 10.8. The lowest BCUT2D eigenvalue weighted by atomic mass is 9.84. The van der Waals surface area contributed by atoms with E-state index in [1.165, 1.54) is 40.9 Å². The van der Waals surface area contributed by atoms with Crippen molar-refractivity contribution in [3.05, 3.63) is 114 Å². The molecule has 1 fully saturated rings. The number of rotatable bonds is 13. The minimum absolute atomic E-state index is 0.0107. The van der Waals surface area contributed by atoms with Crippen LogP contribution in [0.4, 0.5) is 5.69 Å². The molecule has 1 saturated heterocycles. The minimum Gasteiger partial charge on any atom is -0.508 e. The molecule has 0 saturated carbocycles. The number of anilines is 1. The first kappa shape index (κ1) is 52.9. The Hall–Kier alpha value is -6.88. The number of aromatic nitrogens is 2. The fourth-order valence-corrected chi connectivity index (χ4v) is 9.88. The Morgan fingerprint density at radius 1 is 0.972 bits per heavy atom. The van der Waals surface area contributed by atoms with Crippen LogP contribution in [-0.4, -0.2) is 137 Å². The summed E-state index contributed by atoms with van der Waals surface area (Å²) >= 11 is 0. The van der Waals surface area contributed by atoms with Gasteiger partial charge in [0.2, 0.25) is 11.8 Å². The normalized spacial score (nSPS) is 17.8. The van der Waals surface area contributed by atoms with Crippen LogP contribution in [0, 0.1) is 11.3 Å². The predicted molar refractivity (Wildman–Crippen MR) is 281 cm³/mol. The van der Waals surface area contributed by atoms with Crippen LogP contribution in [0.3, 0.4) is 0 Å². The van der Waals surface area contributed by atoms with Crippen LogP contribution in [0.25, 0.3) is 33.3 Å². The molecule has 2 aliphatic rings. The molecule has 5 aromatic rings. The van der Waals surface area contributed by atoms with Crippen molar-refractivity contribution in [2.24, 2.45) is 11.3 Å². The van der Waals surface area contributed by atoms with Gasteiger partial charge in [0.25, 0.3) is 11.8 Å². The standard InChI is InChI=1S/C56H71N9O7/c1-11-64-48-23-20-37-30-43(48)44(51(64)42-17-13-12-16-38(42)33-62(8)9)31-56(4,5)34-72-55(71)46-18-14-25-65(60-46)54(70)47(28-36-26-39(37)29-41(66)27-36)59-52(68)50(35(2)3)63(10)53(69)45-22-21-40(32-57-45)58-49(67)19-15-24-61(6)7/h12-13,15-17,19-23,26-27,29-30,32,35,46-47,50,60,66H,11,14,18,24-25,28,31,33-34H2,1-10H3,(H,58,67)(H,59,68)/b19-15+/t46-,47-,50?/m0/s1. The number of pyridine rings is 1. The van der Waals surface area contributed by atoms with Crippen molar-refractivity contribution in [3.8, 4) is 28.1 Å². The molecule has 4 N–H and O–H groups in total. The fraction of sp³-hybridized carbons (Fsp3) is 0.429. The monoisotopic (exact) mass is 982 g/mol. The van der Waals surface area contributed by atoms with Crippen molar-refractivity contribution in [1.82, 2.24) is 40.0 Å². The SMILES string of the molecule is CCn1c(-c2ccccc2CN(C)C)c2c3cc(ccc31)-c1cc(O)cc(c1)C[C@H](NC(=O)C(C(C)C)N(C)C(=O)c1ccc(NC(=O)/C=C/CN(C)C)cn1)C(=O)N1CCC[C@H](N1)C(=O)OCC(C)(C)C2. The van der Waals surface area contributed by atoms with E-state index in [-0.39, 0.29) is 36.9 Å². The van der Waals surface area contributed by atoms with Gasteiger partial charge in [-0.3, -0.25) is 29.0 Å². The number of carbonyl (C=O) groups is 5. The van der Waals surface area contributed by atoms with Gasteiger partial charge in [-0.1, -0.05) is 70.2 Å². The number of esters is 1. The quantitative estimate of drug-likeness (QED) is 0.0732. The van der Waals surface area contributed by atoms with E-state index in [9.17, 15) is 29.1 Å². The first-order valence-electron chi connectivity index (χ1n) is 24.8. The highest BCUT2D eigenvalue weighted by Crippen LogP contribution is 2.41. The van der Waals surface area contributed by atoms with Crippen molar-refractivity contribution in [1.29, 1.82) is 0 Å². The number of hydrogen-bond donors (Lipinski definition) is 4. The largest absolute Gasteiger partial charge is 0.508 e. The smallest absolute Gasteiger partial charge is 0.324 e. The number of phenols is 1. The summed E-state index contributed by atoms with van der Waals surface area (Å²) in [5.74, 6) is -2.84. The van der Waals surface area contributed by atoms with Crippen molar-refractivity contribution < 1.29 is 33.8 Å². The van der Waals surface area contributed by atoms with Gasteiger partial charge in [0.1, 0.15) is 29.6 Å². The van der Waals surface area contributed by atoms with Gasteiger partial charge in [-0.25, -0.2) is 10.4 Å². The molecule has 3 aromatic carbocycles. The molecule has 0 aliphatic carbocycles. The Bertz CT molecular complexity index is 2830. The average molecular weight is 982 g/mol. The summed E-state index contributed by atoms with van der Waals surface area (Å²) in [6.45, 7) is 12.4. The Morgan fingerprint density at radius 3 is 2.43 bits per heavy atom. The van der Waals surface area contributed by atoms with Crippen LogP contribution in [0.5, 0.6) is 5.75 Å². The molecule has 4 heterocycles. The summed E-state index contributed by atoms with van der Waals surface area (Å²) in [6, 6.07) is 20.0. The van der Waals surface area contributed by atoms with Crippen LogP contribution in [0.2, 0.25) is 0 Å². The summed E-state index contributed by atoms with van der Waals surface area (Å²) < 4.78 is 8.50. The first-order chi connectivity index (χ1) is 34.2. The van der Waals surface area contributed by atoms with Gasteiger partial charge in [0.05, 0.1) is 24.2 Å². The van der Waals surface area contributed by atoms with Crippen molar-refractivity contribution >= 4 is 46.2 Å². The predicted octanol–water partition coefficient (Wildman–Crippen LogP) is 6.66. The van der Waals surface area contributed by atoms with Crippen LogP contribution in [0.15, 0.2) is 91.1 Å². The molecular formula is C56H71N9O7. The molecule has 16 heteroatoms. The van der Waals surface area contributed by atoms with Crippen LogP contribution >= 0.6 is 0 Å². The molecule has 0 radical (unpaired) electrons. The number of nitrogens with zero attached hydrogens (tertiary/aromatic N) is 6. The van der Waals surface area contributed by atoms with Gasteiger partial charge in [-0.15, -0.1) is 0 Å². The van der Waals surface area contributed by atoms with Gasteiger partial charge >= 0.3 is 5.97 Å². The van der Waals surface area contributed by atoms with E-state index in [1.54, 1.807) is 24.3 Å². The van der Waals surface area contributed by atoms with Crippen molar-refractivity contribution in [2.45, 2.75) is 91.5 Å². The minimum atomic E-state index is -1.19. The molecule has 3 atom stereocenters. The van der Waals surface area contributed by atoms with Crippen molar-refractivity contribution in [3.63, 3.8) is 0 Å². The molecular weight excluding hydrogens is 911 g/mol. The van der Waals surface area contributed by atoms with E-state index in [4.69, 9.17) is 4.74 Å². The number of hydrazine groups is 1. The number of amides is 4. The molecule has 7 rings (SSSR count). The van der Waals surface area contributed by atoms with Crippen LogP contribution in [-0.2, 0) is 49.8 Å². The number of benzene rings is 3. The van der Waals surface area contributed by atoms with E-state index >= 15 is 0 Å². The van der Waals surface area contributed by atoms with Crippen LogP contribution in [0.1, 0.15) is 74.6 Å². The Morgan fingerprint density at radius 2 is 1.74 bits per heavy atom. The first-order valence-corrected chi connectivity index (χ1v) is 24.8. The van der Waals surface area contributed by atoms with Gasteiger partial charge in [0.15, 0.2) is 0 Å². The highest BCUT2D eigenvalue weighted by Gasteiger charge is 2.38. The molecule has 4 amide bonds. The number of fused-ring (bicyclic) bond motifs is 6. The second-order valence-corrected chi connectivity index (χ2v) is 20.8. The zero-order valence-electron chi connectivity index (χ0n) is 43.4. The molecule has 2 aliphatic heterocycles.